The zero-order chi connectivity index (χ0) is 9.42. The van der Waals surface area contributed by atoms with Crippen LogP contribution in [0.25, 0.3) is 10.8 Å². The van der Waals surface area contributed by atoms with Gasteiger partial charge >= 0.3 is 0 Å². The molecule has 0 atom stereocenters. The van der Waals surface area contributed by atoms with Gasteiger partial charge in [0, 0.05) is 16.0 Å². The van der Waals surface area contributed by atoms with Crippen LogP contribution in [0.4, 0.5) is 0 Å². The largest absolute Gasteiger partial charge is 0.507 e. The minimum atomic E-state index is 0.281. The normalized spacial score (nSPS) is 10.6. The minimum absolute atomic E-state index is 0.281. The first-order valence-corrected chi connectivity index (χ1v) is 4.45. The lowest BCUT2D eigenvalue weighted by Crippen LogP contribution is -1.80. The van der Waals surface area contributed by atoms with Gasteiger partial charge in [0.25, 0.3) is 0 Å². The molecule has 2 heteroatoms. The summed E-state index contributed by atoms with van der Waals surface area (Å²) in [5, 5.41) is 12.2. The predicted octanol–water partition coefficient (Wildman–Crippen LogP) is 3.51. The lowest BCUT2D eigenvalue weighted by atomic mass is 10.1. The Balaban J connectivity index is 2.94. The van der Waals surface area contributed by atoms with Gasteiger partial charge in [0.2, 0.25) is 0 Å². The number of benzene rings is 2. The number of hydrogen-bond acceptors (Lipinski definition) is 1. The average Bonchev–Trinajstić information content (AvgIpc) is 2.15. The molecule has 2 rings (SSSR count). The maximum Gasteiger partial charge on any atom is 0.127 e. The molecule has 0 aliphatic rings. The first-order chi connectivity index (χ1) is 6.20. The van der Waals surface area contributed by atoms with Crippen molar-refractivity contribution in [1.29, 1.82) is 0 Å². The van der Waals surface area contributed by atoms with Crippen molar-refractivity contribution in [3.05, 3.63) is 40.9 Å². The van der Waals surface area contributed by atoms with Crippen molar-refractivity contribution in [1.82, 2.24) is 0 Å². The second-order valence-electron chi connectivity index (χ2n) is 3.05. The SMILES string of the molecule is Cc1c(Cl)cc2ccccc2c1O. The summed E-state index contributed by atoms with van der Waals surface area (Å²) in [7, 11) is 0. The zero-order valence-electron chi connectivity index (χ0n) is 7.21. The summed E-state index contributed by atoms with van der Waals surface area (Å²) in [5.74, 6) is 0.281. The first kappa shape index (κ1) is 8.39. The molecule has 1 N–H and O–H groups in total. The molecule has 0 unspecified atom stereocenters. The van der Waals surface area contributed by atoms with E-state index >= 15 is 0 Å². The highest BCUT2D eigenvalue weighted by atomic mass is 35.5. The molecule has 0 bridgehead atoms. The summed E-state index contributed by atoms with van der Waals surface area (Å²) in [6.07, 6.45) is 0. The number of phenols is 1. The van der Waals surface area contributed by atoms with Crippen molar-refractivity contribution in [3.8, 4) is 5.75 Å². The number of halogens is 1. The van der Waals surface area contributed by atoms with Crippen molar-refractivity contribution in [2.24, 2.45) is 0 Å². The van der Waals surface area contributed by atoms with E-state index in [1.807, 2.05) is 37.3 Å². The molecular weight excluding hydrogens is 184 g/mol. The van der Waals surface area contributed by atoms with E-state index in [0.29, 0.717) is 5.02 Å². The number of phenolic OH excluding ortho intramolecular Hbond substituents is 1. The van der Waals surface area contributed by atoms with Gasteiger partial charge in [-0.1, -0.05) is 35.9 Å². The maximum absolute atomic E-state index is 9.75. The summed E-state index contributed by atoms with van der Waals surface area (Å²) < 4.78 is 0. The third-order valence-electron chi connectivity index (χ3n) is 2.21. The van der Waals surface area contributed by atoms with Crippen molar-refractivity contribution < 1.29 is 5.11 Å². The molecule has 0 aliphatic carbocycles. The van der Waals surface area contributed by atoms with Crippen LogP contribution in [0.5, 0.6) is 5.75 Å². The highest BCUT2D eigenvalue weighted by molar-refractivity contribution is 6.32. The first-order valence-electron chi connectivity index (χ1n) is 4.07. The summed E-state index contributed by atoms with van der Waals surface area (Å²) in [4.78, 5) is 0. The zero-order valence-corrected chi connectivity index (χ0v) is 7.97. The number of fused-ring (bicyclic) bond motifs is 1. The quantitative estimate of drug-likeness (QED) is 0.677. The van der Waals surface area contributed by atoms with Gasteiger partial charge in [-0.2, -0.15) is 0 Å². The molecule has 0 amide bonds. The molecule has 2 aromatic carbocycles. The second kappa shape index (κ2) is 2.93. The van der Waals surface area contributed by atoms with Gasteiger partial charge in [-0.05, 0) is 18.4 Å². The molecule has 13 heavy (non-hydrogen) atoms. The van der Waals surface area contributed by atoms with E-state index in [4.69, 9.17) is 11.6 Å². The van der Waals surface area contributed by atoms with Crippen LogP contribution in [0, 0.1) is 6.92 Å². The van der Waals surface area contributed by atoms with E-state index in [2.05, 4.69) is 0 Å². The molecule has 0 aromatic heterocycles. The van der Waals surface area contributed by atoms with Crippen LogP contribution in [0.1, 0.15) is 5.56 Å². The van der Waals surface area contributed by atoms with E-state index < -0.39 is 0 Å². The number of hydrogen-bond donors (Lipinski definition) is 1. The second-order valence-corrected chi connectivity index (χ2v) is 3.46. The van der Waals surface area contributed by atoms with Gasteiger partial charge in [-0.25, -0.2) is 0 Å². The maximum atomic E-state index is 9.75. The Morgan fingerprint density at radius 1 is 1.23 bits per heavy atom. The molecule has 0 heterocycles. The van der Waals surface area contributed by atoms with Crippen LogP contribution >= 0.6 is 11.6 Å². The van der Waals surface area contributed by atoms with Crippen LogP contribution in [-0.4, -0.2) is 5.11 Å². The monoisotopic (exact) mass is 192 g/mol. The molecule has 0 aliphatic heterocycles. The van der Waals surface area contributed by atoms with Crippen molar-refractivity contribution in [3.63, 3.8) is 0 Å². The van der Waals surface area contributed by atoms with E-state index in [1.165, 1.54) is 0 Å². The summed E-state index contributed by atoms with van der Waals surface area (Å²) in [6, 6.07) is 9.50. The van der Waals surface area contributed by atoms with E-state index in [-0.39, 0.29) is 5.75 Å². The molecule has 0 radical (unpaired) electrons. The van der Waals surface area contributed by atoms with Crippen LogP contribution in [0.2, 0.25) is 5.02 Å². The number of aromatic hydroxyl groups is 1. The molecule has 66 valence electrons. The number of rotatable bonds is 0. The Hall–Kier alpha value is -1.21. The fraction of sp³-hybridized carbons (Fsp3) is 0.0909. The fourth-order valence-electron chi connectivity index (χ4n) is 1.40. The molecule has 0 saturated heterocycles. The molecule has 0 saturated carbocycles. The van der Waals surface area contributed by atoms with Gasteiger partial charge in [-0.3, -0.25) is 0 Å². The summed E-state index contributed by atoms with van der Waals surface area (Å²) >= 11 is 5.93. The smallest absolute Gasteiger partial charge is 0.127 e. The van der Waals surface area contributed by atoms with Gasteiger partial charge in [0.1, 0.15) is 5.75 Å². The van der Waals surface area contributed by atoms with E-state index in [9.17, 15) is 5.11 Å². The standard InChI is InChI=1S/C11H9ClO/c1-7-10(12)6-8-4-2-3-5-9(8)11(7)13/h2-6,13H,1H3. The predicted molar refractivity (Wildman–Crippen MR) is 55.4 cm³/mol. The van der Waals surface area contributed by atoms with Crippen LogP contribution in [-0.2, 0) is 0 Å². The molecule has 0 fully saturated rings. The van der Waals surface area contributed by atoms with Crippen LogP contribution in [0.15, 0.2) is 30.3 Å². The van der Waals surface area contributed by atoms with Crippen molar-refractivity contribution >= 4 is 22.4 Å². The van der Waals surface area contributed by atoms with E-state index in [0.717, 1.165) is 16.3 Å². The van der Waals surface area contributed by atoms with Gasteiger partial charge in [0.15, 0.2) is 0 Å². The molecule has 2 aromatic rings. The topological polar surface area (TPSA) is 20.2 Å². The van der Waals surface area contributed by atoms with E-state index in [1.54, 1.807) is 0 Å². The highest BCUT2D eigenvalue weighted by Crippen LogP contribution is 2.33. The molecule has 0 spiro atoms. The fourth-order valence-corrected chi connectivity index (χ4v) is 1.61. The van der Waals surface area contributed by atoms with Crippen LogP contribution in [0.3, 0.4) is 0 Å². The molecule has 1 nitrogen and oxygen atoms in total. The summed E-state index contributed by atoms with van der Waals surface area (Å²) in [6.45, 7) is 1.81. The van der Waals surface area contributed by atoms with Crippen LogP contribution < -0.4 is 0 Å². The third kappa shape index (κ3) is 1.25. The van der Waals surface area contributed by atoms with Crippen molar-refractivity contribution in [2.75, 3.05) is 0 Å². The molecular formula is C11H9ClO. The Morgan fingerprint density at radius 2 is 1.92 bits per heavy atom. The Labute approximate surface area is 81.6 Å². The third-order valence-corrected chi connectivity index (χ3v) is 2.60. The Bertz CT molecular complexity index is 463. The van der Waals surface area contributed by atoms with Gasteiger partial charge in [-0.15, -0.1) is 0 Å². The lowest BCUT2D eigenvalue weighted by Gasteiger charge is -2.05. The Kier molecular flexibility index (Phi) is 1.89. The van der Waals surface area contributed by atoms with Gasteiger partial charge in [0.05, 0.1) is 0 Å². The minimum Gasteiger partial charge on any atom is -0.507 e. The average molecular weight is 193 g/mol. The Morgan fingerprint density at radius 3 is 2.69 bits per heavy atom. The van der Waals surface area contributed by atoms with Gasteiger partial charge < -0.3 is 5.11 Å². The highest BCUT2D eigenvalue weighted by Gasteiger charge is 2.06. The lowest BCUT2D eigenvalue weighted by molar-refractivity contribution is 0.477. The van der Waals surface area contributed by atoms with Crippen molar-refractivity contribution in [2.45, 2.75) is 6.92 Å². The summed E-state index contributed by atoms with van der Waals surface area (Å²) in [5.41, 5.74) is 0.736.